The third-order valence-electron chi connectivity index (χ3n) is 3.25. The van der Waals surface area contributed by atoms with Gasteiger partial charge in [0.25, 0.3) is 5.91 Å². The SMILES string of the molecule is CCC(CC(=O)O)NC(=O)c1ccc2c(c1)NC(=O)C2. The van der Waals surface area contributed by atoms with E-state index >= 15 is 0 Å². The van der Waals surface area contributed by atoms with Gasteiger partial charge in [-0.25, -0.2) is 0 Å². The highest BCUT2D eigenvalue weighted by Crippen LogP contribution is 2.24. The molecule has 1 atom stereocenters. The van der Waals surface area contributed by atoms with E-state index in [-0.39, 0.29) is 18.2 Å². The third kappa shape index (κ3) is 3.14. The summed E-state index contributed by atoms with van der Waals surface area (Å²) in [5.41, 5.74) is 1.92. The second kappa shape index (κ2) is 5.73. The van der Waals surface area contributed by atoms with Gasteiger partial charge in [0.1, 0.15) is 0 Å². The number of hydrogen-bond donors (Lipinski definition) is 3. The van der Waals surface area contributed by atoms with Crippen LogP contribution >= 0.6 is 0 Å². The van der Waals surface area contributed by atoms with E-state index in [1.54, 1.807) is 18.2 Å². The van der Waals surface area contributed by atoms with Crippen molar-refractivity contribution < 1.29 is 19.5 Å². The molecule has 0 spiro atoms. The minimum atomic E-state index is -0.946. The molecule has 3 N–H and O–H groups in total. The second-order valence-corrected chi connectivity index (χ2v) is 4.77. The highest BCUT2D eigenvalue weighted by atomic mass is 16.4. The number of rotatable bonds is 5. The number of aliphatic carboxylic acids is 1. The molecular formula is C14H16N2O4. The van der Waals surface area contributed by atoms with Crippen LogP contribution in [0.15, 0.2) is 18.2 Å². The van der Waals surface area contributed by atoms with Crippen LogP contribution in [0.5, 0.6) is 0 Å². The molecule has 0 fully saturated rings. The summed E-state index contributed by atoms with van der Waals surface area (Å²) in [4.78, 5) is 34.0. The average Bonchev–Trinajstić information content (AvgIpc) is 2.76. The molecule has 2 amide bonds. The van der Waals surface area contributed by atoms with E-state index in [0.29, 0.717) is 24.1 Å². The van der Waals surface area contributed by atoms with E-state index in [0.717, 1.165) is 5.56 Å². The first kappa shape index (κ1) is 14.0. The number of carbonyl (C=O) groups excluding carboxylic acids is 2. The van der Waals surface area contributed by atoms with Crippen LogP contribution in [-0.4, -0.2) is 28.9 Å². The lowest BCUT2D eigenvalue weighted by atomic mass is 10.1. The predicted octanol–water partition coefficient (Wildman–Crippen LogP) is 1.16. The topological polar surface area (TPSA) is 95.5 Å². The maximum Gasteiger partial charge on any atom is 0.305 e. The van der Waals surface area contributed by atoms with Crippen LogP contribution in [0.3, 0.4) is 0 Å². The number of benzene rings is 1. The lowest BCUT2D eigenvalue weighted by Crippen LogP contribution is -2.36. The Kier molecular flexibility index (Phi) is 4.02. The van der Waals surface area contributed by atoms with Crippen molar-refractivity contribution in [3.05, 3.63) is 29.3 Å². The molecule has 1 aliphatic rings. The van der Waals surface area contributed by atoms with Crippen molar-refractivity contribution in [2.24, 2.45) is 0 Å². The van der Waals surface area contributed by atoms with Crippen molar-refractivity contribution in [1.82, 2.24) is 5.32 Å². The summed E-state index contributed by atoms with van der Waals surface area (Å²) in [6, 6.07) is 4.59. The molecule has 1 heterocycles. The van der Waals surface area contributed by atoms with Gasteiger partial charge in [-0.1, -0.05) is 13.0 Å². The van der Waals surface area contributed by atoms with Crippen LogP contribution in [-0.2, 0) is 16.0 Å². The van der Waals surface area contributed by atoms with Gasteiger partial charge in [0.05, 0.1) is 12.8 Å². The van der Waals surface area contributed by atoms with Gasteiger partial charge in [-0.2, -0.15) is 0 Å². The number of carbonyl (C=O) groups is 3. The Labute approximate surface area is 116 Å². The normalized spacial score (nSPS) is 14.3. The summed E-state index contributed by atoms with van der Waals surface area (Å²) in [5, 5.41) is 14.1. The van der Waals surface area contributed by atoms with Crippen LogP contribution in [0, 0.1) is 0 Å². The summed E-state index contributed by atoms with van der Waals surface area (Å²) < 4.78 is 0. The molecule has 106 valence electrons. The Balaban J connectivity index is 2.08. The largest absolute Gasteiger partial charge is 0.481 e. The van der Waals surface area contributed by atoms with Gasteiger partial charge in [-0.15, -0.1) is 0 Å². The molecule has 6 nitrogen and oxygen atoms in total. The van der Waals surface area contributed by atoms with Gasteiger partial charge < -0.3 is 15.7 Å². The van der Waals surface area contributed by atoms with E-state index in [1.165, 1.54) is 0 Å². The maximum atomic E-state index is 12.1. The van der Waals surface area contributed by atoms with Crippen molar-refractivity contribution in [3.63, 3.8) is 0 Å². The summed E-state index contributed by atoms with van der Waals surface area (Å²) in [6.45, 7) is 1.82. The van der Waals surface area contributed by atoms with E-state index in [9.17, 15) is 14.4 Å². The van der Waals surface area contributed by atoms with Gasteiger partial charge >= 0.3 is 5.97 Å². The highest BCUT2D eigenvalue weighted by Gasteiger charge is 2.20. The first-order chi connectivity index (χ1) is 9.49. The minimum Gasteiger partial charge on any atom is -0.481 e. The zero-order chi connectivity index (χ0) is 14.7. The van der Waals surface area contributed by atoms with Crippen LogP contribution in [0.4, 0.5) is 5.69 Å². The van der Waals surface area contributed by atoms with Crippen molar-refractivity contribution in [2.75, 3.05) is 5.32 Å². The quantitative estimate of drug-likeness (QED) is 0.752. The molecular weight excluding hydrogens is 260 g/mol. The van der Waals surface area contributed by atoms with Crippen molar-refractivity contribution in [3.8, 4) is 0 Å². The number of amides is 2. The van der Waals surface area contributed by atoms with Crippen LogP contribution < -0.4 is 10.6 Å². The zero-order valence-electron chi connectivity index (χ0n) is 11.1. The summed E-state index contributed by atoms with van der Waals surface area (Å²) >= 11 is 0. The van der Waals surface area contributed by atoms with Gasteiger partial charge in [0, 0.05) is 17.3 Å². The van der Waals surface area contributed by atoms with Gasteiger partial charge in [0.2, 0.25) is 5.91 Å². The first-order valence-electron chi connectivity index (χ1n) is 6.45. The van der Waals surface area contributed by atoms with E-state index in [2.05, 4.69) is 10.6 Å². The van der Waals surface area contributed by atoms with Crippen molar-refractivity contribution >= 4 is 23.5 Å². The average molecular weight is 276 g/mol. The first-order valence-corrected chi connectivity index (χ1v) is 6.45. The fourth-order valence-electron chi connectivity index (χ4n) is 2.13. The van der Waals surface area contributed by atoms with Gasteiger partial charge in [-0.05, 0) is 24.1 Å². The maximum absolute atomic E-state index is 12.1. The van der Waals surface area contributed by atoms with Crippen molar-refractivity contribution in [1.29, 1.82) is 0 Å². The Bertz CT molecular complexity index is 568. The molecule has 6 heteroatoms. The van der Waals surface area contributed by atoms with E-state index < -0.39 is 12.0 Å². The Morgan fingerprint density at radius 2 is 2.20 bits per heavy atom. The molecule has 1 aromatic carbocycles. The second-order valence-electron chi connectivity index (χ2n) is 4.77. The van der Waals surface area contributed by atoms with Crippen LogP contribution in [0.2, 0.25) is 0 Å². The number of fused-ring (bicyclic) bond motifs is 1. The number of anilines is 1. The Morgan fingerprint density at radius 3 is 2.85 bits per heavy atom. The predicted molar refractivity (Wildman–Crippen MR) is 72.6 cm³/mol. The standard InChI is InChI=1S/C14H16N2O4/c1-2-10(7-13(18)19)15-14(20)9-4-3-8-6-12(17)16-11(8)5-9/h3-5,10H,2,6-7H2,1H3,(H,15,20)(H,16,17)(H,18,19). The smallest absolute Gasteiger partial charge is 0.305 e. The van der Waals surface area contributed by atoms with E-state index in [1.807, 2.05) is 6.92 Å². The van der Waals surface area contributed by atoms with Gasteiger partial charge in [0.15, 0.2) is 0 Å². The molecule has 0 bridgehead atoms. The van der Waals surface area contributed by atoms with Crippen LogP contribution in [0.1, 0.15) is 35.7 Å². The fourth-order valence-corrected chi connectivity index (χ4v) is 2.13. The minimum absolute atomic E-state index is 0.0881. The zero-order valence-corrected chi connectivity index (χ0v) is 11.1. The number of carboxylic acid groups (broad SMARTS) is 1. The highest BCUT2D eigenvalue weighted by molar-refractivity contribution is 6.02. The molecule has 0 radical (unpaired) electrons. The fraction of sp³-hybridized carbons (Fsp3) is 0.357. The Morgan fingerprint density at radius 1 is 1.45 bits per heavy atom. The number of nitrogens with one attached hydrogen (secondary N) is 2. The molecule has 2 rings (SSSR count). The molecule has 1 unspecified atom stereocenters. The molecule has 0 aliphatic carbocycles. The summed E-state index contributed by atoms with van der Waals surface area (Å²) in [6.07, 6.45) is 0.761. The molecule has 0 saturated carbocycles. The molecule has 20 heavy (non-hydrogen) atoms. The van der Waals surface area contributed by atoms with Crippen LogP contribution in [0.25, 0.3) is 0 Å². The van der Waals surface area contributed by atoms with E-state index in [4.69, 9.17) is 5.11 Å². The lowest BCUT2D eigenvalue weighted by molar-refractivity contribution is -0.137. The molecule has 0 saturated heterocycles. The molecule has 1 aromatic rings. The Hall–Kier alpha value is -2.37. The third-order valence-corrected chi connectivity index (χ3v) is 3.25. The number of hydrogen-bond acceptors (Lipinski definition) is 3. The van der Waals surface area contributed by atoms with Crippen molar-refractivity contribution in [2.45, 2.75) is 32.2 Å². The molecule has 1 aliphatic heterocycles. The number of carboxylic acids is 1. The lowest BCUT2D eigenvalue weighted by Gasteiger charge is -2.15. The molecule has 0 aromatic heterocycles. The monoisotopic (exact) mass is 276 g/mol. The van der Waals surface area contributed by atoms with Gasteiger partial charge in [-0.3, -0.25) is 14.4 Å². The summed E-state index contributed by atoms with van der Waals surface area (Å²) in [7, 11) is 0. The summed E-state index contributed by atoms with van der Waals surface area (Å²) in [5.74, 6) is -1.37.